The summed E-state index contributed by atoms with van der Waals surface area (Å²) in [6, 6.07) is 1.17. The maximum absolute atomic E-state index is 14.5. The molecular formula is C44H38AlO26. The van der Waals surface area contributed by atoms with Gasteiger partial charge in [-0.1, -0.05) is 0 Å². The molecule has 4 aromatic carbocycles. The van der Waals surface area contributed by atoms with Crippen molar-refractivity contribution in [3.63, 3.8) is 0 Å². The Morgan fingerprint density at radius 3 is 1.15 bits per heavy atom. The molecule has 4 aliphatic rings. The predicted octanol–water partition coefficient (Wildman–Crippen LogP) is -2.49. The molecule has 2 heterocycles. The average Bonchev–Trinajstić information content (AvgIpc) is 3.30. The molecule has 0 aromatic heterocycles. The molecule has 16 N–H and O–H groups in total. The summed E-state index contributed by atoms with van der Waals surface area (Å²) in [6.45, 7) is -0.0500. The molecule has 2 aliphatic carbocycles. The van der Waals surface area contributed by atoms with Gasteiger partial charge in [0, 0.05) is 22.3 Å². The summed E-state index contributed by atoms with van der Waals surface area (Å²) in [7, 11) is 0. The number of carbonyl (C=O) groups is 6. The van der Waals surface area contributed by atoms with Crippen LogP contribution in [0.2, 0.25) is 0 Å². The van der Waals surface area contributed by atoms with Gasteiger partial charge < -0.3 is 98.8 Å². The van der Waals surface area contributed by atoms with Crippen molar-refractivity contribution in [2.24, 2.45) is 0 Å². The monoisotopic (exact) mass is 1010 g/mol. The number of rotatable bonds is 10. The van der Waals surface area contributed by atoms with Crippen LogP contribution >= 0.6 is 0 Å². The van der Waals surface area contributed by atoms with E-state index in [1.165, 1.54) is 0 Å². The van der Waals surface area contributed by atoms with Gasteiger partial charge in [-0.15, -0.1) is 0 Å². The van der Waals surface area contributed by atoms with Gasteiger partial charge in [0.2, 0.25) is 0 Å². The molecule has 0 spiro atoms. The van der Waals surface area contributed by atoms with E-state index >= 15 is 0 Å². The second kappa shape index (κ2) is 18.0. The Morgan fingerprint density at radius 1 is 0.507 bits per heavy atom. The van der Waals surface area contributed by atoms with Crippen molar-refractivity contribution in [1.29, 1.82) is 0 Å². The quantitative estimate of drug-likeness (QED) is 0.0631. The standard InChI is InChI=1S/2C22H20O13.Al/c2*1-4-8-5(2-6(24)9(4)22(33)34)13(25)10-11(15(8)27)16(28)12(18(30)17(10)29)21-20(32)19(31)14(26)7(3-23)35-21;/h2*2,7,14,19-21,23-24,26,28-32H,3H2,1H3,(H,33,34);/q;;+2/p-2/t2*7-,14-,19+,20-,21-;/m11./s1. The summed E-state index contributed by atoms with van der Waals surface area (Å²) in [5.74, 6) is -18.9. The van der Waals surface area contributed by atoms with E-state index in [0.717, 1.165) is 13.8 Å². The van der Waals surface area contributed by atoms with Crippen molar-refractivity contribution in [3.8, 4) is 46.0 Å². The summed E-state index contributed by atoms with van der Waals surface area (Å²) in [6.07, 6.45) is -21.0. The number of benzene rings is 4. The van der Waals surface area contributed by atoms with E-state index in [1.54, 1.807) is 0 Å². The van der Waals surface area contributed by atoms with E-state index in [4.69, 9.17) is 17.1 Å². The minimum Gasteiger partial charge on any atom is -0.613 e. The molecule has 26 nitrogen and oxygen atoms in total. The summed E-state index contributed by atoms with van der Waals surface area (Å²) >= 11 is -2.61. The van der Waals surface area contributed by atoms with E-state index in [1.807, 2.05) is 0 Å². The lowest BCUT2D eigenvalue weighted by atomic mass is 9.77. The van der Waals surface area contributed by atoms with E-state index in [-0.39, 0.29) is 0 Å². The first kappa shape index (κ1) is 50.4. The molecule has 1 radical (unpaired) electrons. The SMILES string of the molecule is Cc1c(C(=O)O)c(O)cc2c1C(=O)c1c(O)c([C@H]3O[C@H](CO)[C@@H](O)[C@H](O)[C@H]3O)c(O)c([O][Al][O]c3c(O)c([C@H]4O[C@H](CO)[C@@H](O)[C@H](O)[C@H]4O)c(O)c4c3C(=O)c3cc(O)c(C(=O)O)c(C)c3C4=O)c1C2=O. The van der Waals surface area contributed by atoms with Gasteiger partial charge in [0.1, 0.15) is 107 Å². The van der Waals surface area contributed by atoms with Crippen LogP contribution in [0.25, 0.3) is 0 Å². The van der Waals surface area contributed by atoms with Crippen molar-refractivity contribution in [3.05, 3.63) is 90.0 Å². The average molecular weight is 1010 g/mol. The van der Waals surface area contributed by atoms with E-state index in [9.17, 15) is 110 Å². The highest BCUT2D eigenvalue weighted by Crippen LogP contribution is 2.55. The van der Waals surface area contributed by atoms with Crippen LogP contribution in [0, 0.1) is 13.8 Å². The molecule has 8 rings (SSSR count). The van der Waals surface area contributed by atoms with Gasteiger partial charge in [-0.25, -0.2) is 9.59 Å². The zero-order valence-corrected chi connectivity index (χ0v) is 37.3. The summed E-state index contributed by atoms with van der Waals surface area (Å²) in [5.41, 5.74) is -11.9. The van der Waals surface area contributed by atoms with Crippen molar-refractivity contribution >= 4 is 51.0 Å². The van der Waals surface area contributed by atoms with Gasteiger partial charge in [0.05, 0.1) is 46.6 Å². The molecule has 4 aromatic rings. The maximum Gasteiger partial charge on any atom is 0.882 e. The van der Waals surface area contributed by atoms with Crippen molar-refractivity contribution in [2.75, 3.05) is 13.2 Å². The first-order valence-corrected chi connectivity index (χ1v) is 21.7. The fraction of sp³-hybridized carbons (Fsp3) is 0.318. The van der Waals surface area contributed by atoms with E-state index < -0.39 is 249 Å². The van der Waals surface area contributed by atoms with Gasteiger partial charge in [-0.05, 0) is 37.1 Å². The molecule has 71 heavy (non-hydrogen) atoms. The number of fused-ring (bicyclic) bond motifs is 4. The molecule has 27 heteroatoms. The number of aliphatic hydroxyl groups is 8. The van der Waals surface area contributed by atoms with Crippen molar-refractivity contribution in [1.82, 2.24) is 0 Å². The maximum atomic E-state index is 14.5. The van der Waals surface area contributed by atoms with Crippen LogP contribution in [-0.4, -0.2) is 195 Å². The predicted molar refractivity (Wildman–Crippen MR) is 225 cm³/mol. The summed E-state index contributed by atoms with van der Waals surface area (Å²) < 4.78 is 22.6. The van der Waals surface area contributed by atoms with Crippen LogP contribution in [0.4, 0.5) is 0 Å². The van der Waals surface area contributed by atoms with Crippen LogP contribution < -0.4 is 7.58 Å². The number of ether oxygens (including phenoxy) is 2. The molecule has 0 bridgehead atoms. The Morgan fingerprint density at radius 2 is 0.845 bits per heavy atom. The lowest BCUT2D eigenvalue weighted by Gasteiger charge is -2.41. The first-order valence-electron chi connectivity index (χ1n) is 20.7. The van der Waals surface area contributed by atoms with Crippen LogP contribution in [0.3, 0.4) is 0 Å². The molecule has 0 unspecified atom stereocenters. The largest absolute Gasteiger partial charge is 0.882 e. The first-order chi connectivity index (χ1) is 33.3. The highest BCUT2D eigenvalue weighted by Gasteiger charge is 2.51. The zero-order valence-electron chi connectivity index (χ0n) is 36.2. The highest BCUT2D eigenvalue weighted by atomic mass is 27.2. The fourth-order valence-electron chi connectivity index (χ4n) is 9.49. The molecule has 0 saturated carbocycles. The third-order valence-corrected chi connectivity index (χ3v) is 13.6. The molecule has 2 aliphatic heterocycles. The normalized spacial score (nSPS) is 25.7. The number of hydrogen-bond donors (Lipinski definition) is 16. The summed E-state index contributed by atoms with van der Waals surface area (Å²) in [5, 5.41) is 173. The van der Waals surface area contributed by atoms with Gasteiger partial charge in [-0.3, -0.25) is 19.2 Å². The molecule has 2 fully saturated rings. The number of ketones is 4. The number of carbonyl (C=O) groups excluding carboxylic acids is 4. The van der Waals surface area contributed by atoms with Crippen LogP contribution in [-0.2, 0) is 9.47 Å². The highest BCUT2D eigenvalue weighted by molar-refractivity contribution is 6.34. The second-order valence-corrected chi connectivity index (χ2v) is 17.4. The molecule has 0 amide bonds. The number of phenols is 6. The number of aromatic carboxylic acids is 2. The number of carboxylic acids is 2. The van der Waals surface area contributed by atoms with Gasteiger partial charge in [0.15, 0.2) is 34.6 Å². The number of carboxylic acid groups (broad SMARTS) is 2. The molecule has 2 saturated heterocycles. The Bertz CT molecular complexity index is 2850. The van der Waals surface area contributed by atoms with Crippen molar-refractivity contribution in [2.45, 2.75) is 74.9 Å². The molecular weight excluding hydrogens is 971 g/mol. The van der Waals surface area contributed by atoms with Gasteiger partial charge >= 0.3 is 27.8 Å². The van der Waals surface area contributed by atoms with Crippen LogP contribution in [0.1, 0.15) is 119 Å². The lowest BCUT2D eigenvalue weighted by Crippen LogP contribution is -2.55. The smallest absolute Gasteiger partial charge is 0.613 e. The summed E-state index contributed by atoms with van der Waals surface area (Å²) in [4.78, 5) is 82.1. The Hall–Kier alpha value is -6.97. The molecule has 373 valence electrons. The Labute approximate surface area is 401 Å². The number of aromatic hydroxyl groups is 6. The van der Waals surface area contributed by atoms with Crippen molar-refractivity contribution < 1.29 is 128 Å². The second-order valence-electron chi connectivity index (χ2n) is 16.8. The minimum absolute atomic E-state index is 0.499. The Balaban J connectivity index is 1.33. The zero-order chi connectivity index (χ0) is 52.3. The minimum atomic E-state index is -2.61. The third kappa shape index (κ3) is 7.33. The van der Waals surface area contributed by atoms with Gasteiger partial charge in [0.25, 0.3) is 0 Å². The van der Waals surface area contributed by atoms with Gasteiger partial charge in [-0.2, -0.15) is 0 Å². The Kier molecular flexibility index (Phi) is 12.8. The van der Waals surface area contributed by atoms with E-state index in [2.05, 4.69) is 0 Å². The third-order valence-electron chi connectivity index (χ3n) is 13.0. The lowest BCUT2D eigenvalue weighted by molar-refractivity contribution is -0.232. The number of hydrogen-bond acceptors (Lipinski definition) is 24. The number of aliphatic hydroxyl groups excluding tert-OH is 8. The number of phenolic OH excluding ortho intramolecular Hbond substituents is 4. The molecule has 10 atom stereocenters. The van der Waals surface area contributed by atoms with Crippen LogP contribution in [0.15, 0.2) is 12.1 Å². The van der Waals surface area contributed by atoms with E-state index in [0.29, 0.717) is 12.1 Å². The fourth-order valence-corrected chi connectivity index (χ4v) is 10.2. The van der Waals surface area contributed by atoms with Crippen LogP contribution in [0.5, 0.6) is 46.0 Å². The topological polar surface area (TPSA) is 463 Å².